The summed E-state index contributed by atoms with van der Waals surface area (Å²) in [5.41, 5.74) is 6.42. The van der Waals surface area contributed by atoms with E-state index in [0.717, 1.165) is 0 Å². The highest BCUT2D eigenvalue weighted by Crippen LogP contribution is 2.22. The second kappa shape index (κ2) is 7.47. The van der Waals surface area contributed by atoms with Gasteiger partial charge in [0.1, 0.15) is 0 Å². The van der Waals surface area contributed by atoms with Crippen molar-refractivity contribution >= 4 is 38.7 Å². The predicted octanol–water partition coefficient (Wildman–Crippen LogP) is 1.31. The standard InChI is InChI=1S/C12H17ClN2O4S/c1-19-5-7-20(17,18)6-4-12(16)15-11-3-2-9(13)8-10(11)14/h2-3,8H,4-7,14H2,1H3,(H,15,16). The Hall–Kier alpha value is -1.31. The predicted molar refractivity (Wildman–Crippen MR) is 79.6 cm³/mol. The number of hydrogen-bond acceptors (Lipinski definition) is 5. The van der Waals surface area contributed by atoms with Gasteiger partial charge >= 0.3 is 0 Å². The minimum Gasteiger partial charge on any atom is -0.397 e. The summed E-state index contributed by atoms with van der Waals surface area (Å²) in [4.78, 5) is 11.7. The summed E-state index contributed by atoms with van der Waals surface area (Å²) in [6, 6.07) is 4.66. The molecule has 1 amide bonds. The second-order valence-corrected chi connectivity index (χ2v) is 6.91. The third-order valence-electron chi connectivity index (χ3n) is 2.53. The molecule has 0 bridgehead atoms. The highest BCUT2D eigenvalue weighted by Gasteiger charge is 2.14. The van der Waals surface area contributed by atoms with Gasteiger partial charge in [-0.2, -0.15) is 0 Å². The largest absolute Gasteiger partial charge is 0.397 e. The first-order valence-corrected chi connectivity index (χ1v) is 8.08. The fraction of sp³-hybridized carbons (Fsp3) is 0.417. The zero-order valence-electron chi connectivity index (χ0n) is 11.1. The van der Waals surface area contributed by atoms with E-state index < -0.39 is 15.7 Å². The Labute approximate surface area is 123 Å². The summed E-state index contributed by atoms with van der Waals surface area (Å²) in [6.07, 6.45) is -0.131. The average Bonchev–Trinajstić information content (AvgIpc) is 2.38. The highest BCUT2D eigenvalue weighted by molar-refractivity contribution is 7.91. The number of halogens is 1. The number of methoxy groups -OCH3 is 1. The number of hydrogen-bond donors (Lipinski definition) is 2. The van der Waals surface area contributed by atoms with Crippen LogP contribution in [0.5, 0.6) is 0 Å². The summed E-state index contributed by atoms with van der Waals surface area (Å²) < 4.78 is 27.8. The molecule has 0 aromatic heterocycles. The zero-order valence-corrected chi connectivity index (χ0v) is 12.6. The summed E-state index contributed by atoms with van der Waals surface area (Å²) in [7, 11) is -1.86. The van der Waals surface area contributed by atoms with E-state index >= 15 is 0 Å². The number of benzene rings is 1. The summed E-state index contributed by atoms with van der Waals surface area (Å²) in [5, 5.41) is 3.01. The topological polar surface area (TPSA) is 98.5 Å². The molecule has 0 radical (unpaired) electrons. The Balaban J connectivity index is 2.52. The Morgan fingerprint density at radius 3 is 2.70 bits per heavy atom. The van der Waals surface area contributed by atoms with Crippen molar-refractivity contribution in [1.29, 1.82) is 0 Å². The van der Waals surface area contributed by atoms with Gasteiger partial charge in [0.15, 0.2) is 9.84 Å². The lowest BCUT2D eigenvalue weighted by atomic mass is 10.2. The van der Waals surface area contributed by atoms with Crippen LogP contribution in [0.3, 0.4) is 0 Å². The van der Waals surface area contributed by atoms with Crippen molar-refractivity contribution in [2.24, 2.45) is 0 Å². The molecule has 0 unspecified atom stereocenters. The lowest BCUT2D eigenvalue weighted by molar-refractivity contribution is -0.115. The normalized spacial score (nSPS) is 11.3. The Kier molecular flexibility index (Phi) is 6.25. The van der Waals surface area contributed by atoms with Crippen LogP contribution in [0, 0.1) is 0 Å². The molecule has 0 saturated carbocycles. The first-order valence-electron chi connectivity index (χ1n) is 5.88. The van der Waals surface area contributed by atoms with E-state index in [4.69, 9.17) is 22.1 Å². The van der Waals surface area contributed by atoms with Crippen molar-refractivity contribution in [3.05, 3.63) is 23.2 Å². The van der Waals surface area contributed by atoms with Gasteiger partial charge in [0, 0.05) is 18.6 Å². The third-order valence-corrected chi connectivity index (χ3v) is 4.38. The average molecular weight is 321 g/mol. The van der Waals surface area contributed by atoms with Gasteiger partial charge in [-0.25, -0.2) is 8.42 Å². The molecule has 112 valence electrons. The molecule has 0 fully saturated rings. The molecule has 0 spiro atoms. The lowest BCUT2D eigenvalue weighted by Crippen LogP contribution is -2.21. The fourth-order valence-electron chi connectivity index (χ4n) is 1.42. The van der Waals surface area contributed by atoms with E-state index in [0.29, 0.717) is 16.4 Å². The third kappa shape index (κ3) is 5.77. The lowest BCUT2D eigenvalue weighted by Gasteiger charge is -2.08. The molecule has 20 heavy (non-hydrogen) atoms. The molecule has 1 aromatic carbocycles. The van der Waals surface area contributed by atoms with E-state index in [-0.39, 0.29) is 24.5 Å². The summed E-state index contributed by atoms with van der Waals surface area (Å²) in [5.74, 6) is -0.741. The monoisotopic (exact) mass is 320 g/mol. The van der Waals surface area contributed by atoms with E-state index in [1.54, 1.807) is 12.1 Å². The first kappa shape index (κ1) is 16.7. The number of carbonyl (C=O) groups is 1. The van der Waals surface area contributed by atoms with E-state index in [9.17, 15) is 13.2 Å². The maximum absolute atomic E-state index is 11.7. The molecule has 0 heterocycles. The molecule has 1 rings (SSSR count). The molecule has 0 atom stereocenters. The number of rotatable bonds is 7. The molecule has 0 aliphatic rings. The van der Waals surface area contributed by atoms with Crippen molar-refractivity contribution in [2.75, 3.05) is 36.3 Å². The SMILES string of the molecule is COCCS(=O)(=O)CCC(=O)Nc1ccc(Cl)cc1N. The number of nitrogens with one attached hydrogen (secondary N) is 1. The molecule has 1 aromatic rings. The van der Waals surface area contributed by atoms with Crippen molar-refractivity contribution < 1.29 is 17.9 Å². The van der Waals surface area contributed by atoms with Gasteiger partial charge in [0.2, 0.25) is 5.91 Å². The van der Waals surface area contributed by atoms with Crippen molar-refractivity contribution in [2.45, 2.75) is 6.42 Å². The molecular formula is C12H17ClN2O4S. The van der Waals surface area contributed by atoms with Gasteiger partial charge in [-0.05, 0) is 18.2 Å². The smallest absolute Gasteiger partial charge is 0.225 e. The minimum absolute atomic E-state index is 0.0974. The van der Waals surface area contributed by atoms with E-state index in [2.05, 4.69) is 5.32 Å². The number of carbonyl (C=O) groups excluding carboxylic acids is 1. The molecular weight excluding hydrogens is 304 g/mol. The van der Waals surface area contributed by atoms with Gasteiger partial charge in [-0.15, -0.1) is 0 Å². The Morgan fingerprint density at radius 2 is 2.10 bits per heavy atom. The van der Waals surface area contributed by atoms with Crippen LogP contribution in [-0.4, -0.2) is 39.5 Å². The molecule has 3 N–H and O–H groups in total. The quantitative estimate of drug-likeness (QED) is 0.738. The number of ether oxygens (including phenoxy) is 1. The van der Waals surface area contributed by atoms with E-state index in [1.165, 1.54) is 13.2 Å². The number of nitrogen functional groups attached to an aromatic ring is 1. The Morgan fingerprint density at radius 1 is 1.40 bits per heavy atom. The molecule has 8 heteroatoms. The van der Waals surface area contributed by atoms with Crippen molar-refractivity contribution in [1.82, 2.24) is 0 Å². The van der Waals surface area contributed by atoms with Crippen LogP contribution in [-0.2, 0) is 19.4 Å². The second-order valence-electron chi connectivity index (χ2n) is 4.17. The zero-order chi connectivity index (χ0) is 15.2. The highest BCUT2D eigenvalue weighted by atomic mass is 35.5. The summed E-state index contributed by atoms with van der Waals surface area (Å²) >= 11 is 5.74. The number of anilines is 2. The molecule has 0 saturated heterocycles. The van der Waals surface area contributed by atoms with Gasteiger partial charge in [0.05, 0.1) is 29.5 Å². The molecule has 0 aliphatic heterocycles. The van der Waals surface area contributed by atoms with Crippen LogP contribution in [0.4, 0.5) is 11.4 Å². The first-order chi connectivity index (χ1) is 9.34. The minimum atomic E-state index is -3.29. The number of nitrogens with two attached hydrogens (primary N) is 1. The van der Waals surface area contributed by atoms with Crippen LogP contribution in [0.15, 0.2) is 18.2 Å². The molecule has 6 nitrogen and oxygen atoms in total. The van der Waals surface area contributed by atoms with Crippen LogP contribution in [0.25, 0.3) is 0 Å². The van der Waals surface area contributed by atoms with Gasteiger partial charge in [-0.1, -0.05) is 11.6 Å². The van der Waals surface area contributed by atoms with Crippen LogP contribution in [0.1, 0.15) is 6.42 Å². The Bertz CT molecular complexity index is 575. The number of sulfone groups is 1. The van der Waals surface area contributed by atoms with Crippen LogP contribution < -0.4 is 11.1 Å². The van der Waals surface area contributed by atoms with Gasteiger partial charge < -0.3 is 15.8 Å². The van der Waals surface area contributed by atoms with Gasteiger partial charge in [-0.3, -0.25) is 4.79 Å². The fourth-order valence-corrected chi connectivity index (χ4v) is 2.72. The van der Waals surface area contributed by atoms with E-state index in [1.807, 2.05) is 0 Å². The molecule has 0 aliphatic carbocycles. The van der Waals surface area contributed by atoms with Crippen molar-refractivity contribution in [3.8, 4) is 0 Å². The number of amides is 1. The van der Waals surface area contributed by atoms with Gasteiger partial charge in [0.25, 0.3) is 0 Å². The van der Waals surface area contributed by atoms with Crippen LogP contribution >= 0.6 is 11.6 Å². The summed E-state index contributed by atoms with van der Waals surface area (Å²) in [6.45, 7) is 0.119. The van der Waals surface area contributed by atoms with Crippen molar-refractivity contribution in [3.63, 3.8) is 0 Å². The maximum atomic E-state index is 11.7. The van der Waals surface area contributed by atoms with Crippen LogP contribution in [0.2, 0.25) is 5.02 Å². The maximum Gasteiger partial charge on any atom is 0.225 e.